The maximum absolute atomic E-state index is 13.0. The molecular formula is C19H18FN3O4S. The van der Waals surface area contributed by atoms with E-state index in [2.05, 4.69) is 5.32 Å². The fraction of sp³-hybridized carbons (Fsp3) is 0.316. The molecule has 2 aliphatic heterocycles. The van der Waals surface area contributed by atoms with Gasteiger partial charge in [-0.2, -0.15) is 0 Å². The van der Waals surface area contributed by atoms with Crippen molar-refractivity contribution in [2.24, 2.45) is 0 Å². The zero-order valence-electron chi connectivity index (χ0n) is 15.0. The molecule has 2 amide bonds. The Morgan fingerprint density at radius 3 is 2.75 bits per heavy atom. The molecule has 0 bridgehead atoms. The number of hydrogen-bond donors (Lipinski definition) is 2. The van der Waals surface area contributed by atoms with Crippen LogP contribution in [0.4, 0.5) is 4.39 Å². The zero-order valence-corrected chi connectivity index (χ0v) is 15.8. The fourth-order valence-corrected chi connectivity index (χ4v) is 4.91. The first-order valence-corrected chi connectivity index (χ1v) is 9.85. The molecule has 7 nitrogen and oxygen atoms in total. The van der Waals surface area contributed by atoms with Gasteiger partial charge in [-0.15, -0.1) is 11.8 Å². The maximum Gasteiger partial charge on any atom is 0.275 e. The van der Waals surface area contributed by atoms with Crippen molar-refractivity contribution in [2.45, 2.75) is 31.4 Å². The first kappa shape index (κ1) is 18.5. The Bertz CT molecular complexity index is 1020. The summed E-state index contributed by atoms with van der Waals surface area (Å²) in [4.78, 5) is 39.4. The second-order valence-electron chi connectivity index (χ2n) is 6.88. The summed E-state index contributed by atoms with van der Waals surface area (Å²) in [5.41, 5.74) is -0.528. The molecule has 0 spiro atoms. The van der Waals surface area contributed by atoms with Crippen LogP contribution in [-0.4, -0.2) is 43.6 Å². The highest BCUT2D eigenvalue weighted by Gasteiger charge is 2.42. The molecule has 0 saturated carbocycles. The number of rotatable bonds is 3. The van der Waals surface area contributed by atoms with E-state index in [1.54, 1.807) is 16.7 Å². The quantitative estimate of drug-likeness (QED) is 0.811. The van der Waals surface area contributed by atoms with Gasteiger partial charge < -0.3 is 19.9 Å². The molecule has 3 heterocycles. The Kier molecular flexibility index (Phi) is 4.62. The van der Waals surface area contributed by atoms with E-state index < -0.39 is 23.0 Å². The van der Waals surface area contributed by atoms with Crippen molar-refractivity contribution >= 4 is 23.6 Å². The summed E-state index contributed by atoms with van der Waals surface area (Å²) in [7, 11) is 0. The summed E-state index contributed by atoms with van der Waals surface area (Å²) in [6, 6.07) is 5.62. The average molecular weight is 403 g/mol. The van der Waals surface area contributed by atoms with Crippen LogP contribution in [0.3, 0.4) is 0 Å². The van der Waals surface area contributed by atoms with Gasteiger partial charge in [0, 0.05) is 24.5 Å². The van der Waals surface area contributed by atoms with Gasteiger partial charge in [0.2, 0.25) is 5.43 Å². The van der Waals surface area contributed by atoms with Gasteiger partial charge >= 0.3 is 0 Å². The van der Waals surface area contributed by atoms with E-state index in [-0.39, 0.29) is 35.0 Å². The van der Waals surface area contributed by atoms with Crippen LogP contribution in [0.1, 0.15) is 33.3 Å². The highest BCUT2D eigenvalue weighted by molar-refractivity contribution is 8.00. The molecule has 1 fully saturated rings. The lowest BCUT2D eigenvalue weighted by atomic mass is 10.1. The van der Waals surface area contributed by atoms with Gasteiger partial charge in [-0.05, 0) is 24.6 Å². The third kappa shape index (κ3) is 3.05. The number of pyridine rings is 1. The summed E-state index contributed by atoms with van der Waals surface area (Å²) in [6.07, 6.45) is 1.33. The molecule has 146 valence electrons. The topological polar surface area (TPSA) is 91.6 Å². The first-order chi connectivity index (χ1) is 13.4. The molecule has 28 heavy (non-hydrogen) atoms. The number of benzene rings is 1. The molecule has 1 saturated heterocycles. The molecule has 9 heteroatoms. The molecule has 0 radical (unpaired) electrons. The fourth-order valence-electron chi connectivity index (χ4n) is 3.52. The van der Waals surface area contributed by atoms with Gasteiger partial charge in [0.15, 0.2) is 11.4 Å². The van der Waals surface area contributed by atoms with Crippen molar-refractivity contribution in [1.82, 2.24) is 14.8 Å². The molecule has 0 aliphatic carbocycles. The lowest BCUT2D eigenvalue weighted by molar-refractivity contribution is 0.0634. The lowest BCUT2D eigenvalue weighted by Gasteiger charge is -2.34. The van der Waals surface area contributed by atoms with Crippen LogP contribution in [0.15, 0.2) is 35.3 Å². The number of aromatic nitrogens is 1. The molecule has 1 aromatic heterocycles. The van der Waals surface area contributed by atoms with E-state index in [1.807, 2.05) is 6.92 Å². The van der Waals surface area contributed by atoms with Crippen molar-refractivity contribution in [3.8, 4) is 5.75 Å². The number of thioether (sulfide) groups is 1. The predicted molar refractivity (Wildman–Crippen MR) is 102 cm³/mol. The SMILES string of the molecule is C[C@H]1CSC2Cn3cc(C(=O)NCc4ccc(F)cc4)c(=O)c(O)c3C(=O)N21. The van der Waals surface area contributed by atoms with Crippen LogP contribution in [0.25, 0.3) is 0 Å². The second kappa shape index (κ2) is 6.97. The monoisotopic (exact) mass is 403 g/mol. The molecule has 2 aliphatic rings. The number of hydrogen-bond acceptors (Lipinski definition) is 5. The summed E-state index contributed by atoms with van der Waals surface area (Å²) < 4.78 is 14.4. The minimum absolute atomic E-state index is 0.0180. The van der Waals surface area contributed by atoms with Crippen LogP contribution in [0, 0.1) is 5.82 Å². The second-order valence-corrected chi connectivity index (χ2v) is 8.09. The Balaban J connectivity index is 1.62. The summed E-state index contributed by atoms with van der Waals surface area (Å²) in [6.45, 7) is 2.42. The number of carbonyl (C=O) groups excluding carboxylic acids is 2. The van der Waals surface area contributed by atoms with Gasteiger partial charge in [0.1, 0.15) is 11.4 Å². The van der Waals surface area contributed by atoms with Crippen LogP contribution in [-0.2, 0) is 13.1 Å². The Hall–Kier alpha value is -2.81. The van der Waals surface area contributed by atoms with E-state index >= 15 is 0 Å². The molecule has 4 rings (SSSR count). The number of nitrogens with one attached hydrogen (secondary N) is 1. The number of carbonyl (C=O) groups is 2. The van der Waals surface area contributed by atoms with E-state index in [0.717, 1.165) is 5.75 Å². The van der Waals surface area contributed by atoms with Gasteiger partial charge in [-0.1, -0.05) is 12.1 Å². The third-order valence-electron chi connectivity index (χ3n) is 4.97. The third-order valence-corrected chi connectivity index (χ3v) is 6.41. The average Bonchev–Trinajstić information content (AvgIpc) is 3.04. The van der Waals surface area contributed by atoms with Crippen molar-refractivity contribution < 1.29 is 19.1 Å². The number of halogens is 1. The van der Waals surface area contributed by atoms with E-state index in [1.165, 1.54) is 35.0 Å². The molecule has 1 unspecified atom stereocenters. The molecule has 2 aromatic rings. The zero-order chi connectivity index (χ0) is 20.0. The van der Waals surface area contributed by atoms with Gasteiger partial charge in [-0.25, -0.2) is 4.39 Å². The molecular weight excluding hydrogens is 385 g/mol. The van der Waals surface area contributed by atoms with E-state index in [0.29, 0.717) is 12.1 Å². The van der Waals surface area contributed by atoms with Crippen LogP contribution < -0.4 is 10.7 Å². The van der Waals surface area contributed by atoms with E-state index in [9.17, 15) is 23.9 Å². The Morgan fingerprint density at radius 1 is 1.32 bits per heavy atom. The predicted octanol–water partition coefficient (Wildman–Crippen LogP) is 1.54. The first-order valence-electron chi connectivity index (χ1n) is 8.80. The number of fused-ring (bicyclic) bond motifs is 2. The van der Waals surface area contributed by atoms with Crippen molar-refractivity contribution in [3.05, 3.63) is 63.3 Å². The number of aromatic hydroxyl groups is 1. The highest BCUT2D eigenvalue weighted by Crippen LogP contribution is 2.36. The summed E-state index contributed by atoms with van der Waals surface area (Å²) in [5.74, 6) is -1.38. The van der Waals surface area contributed by atoms with Gasteiger partial charge in [0.05, 0.1) is 11.9 Å². The van der Waals surface area contributed by atoms with Crippen LogP contribution >= 0.6 is 11.8 Å². The minimum Gasteiger partial charge on any atom is -0.503 e. The van der Waals surface area contributed by atoms with Crippen molar-refractivity contribution in [3.63, 3.8) is 0 Å². The van der Waals surface area contributed by atoms with Gasteiger partial charge in [-0.3, -0.25) is 14.4 Å². The maximum atomic E-state index is 13.0. The molecule has 2 N–H and O–H groups in total. The summed E-state index contributed by atoms with van der Waals surface area (Å²) >= 11 is 1.63. The standard InChI is InChI=1S/C19H18FN3O4S/c1-10-9-28-14-8-22-7-13(16(24)17(25)15(22)19(27)23(10)14)18(26)21-6-11-2-4-12(20)5-3-11/h2-5,7,10,14,25H,6,8-9H2,1H3,(H,21,26)/t10-,14?/m0/s1. The van der Waals surface area contributed by atoms with Crippen LogP contribution in [0.2, 0.25) is 0 Å². The highest BCUT2D eigenvalue weighted by atomic mass is 32.2. The Labute approximate surface area is 164 Å². The Morgan fingerprint density at radius 2 is 2.04 bits per heavy atom. The normalized spacial score (nSPS) is 20.6. The van der Waals surface area contributed by atoms with E-state index in [4.69, 9.17) is 0 Å². The van der Waals surface area contributed by atoms with Gasteiger partial charge in [0.25, 0.3) is 11.8 Å². The minimum atomic E-state index is -0.880. The summed E-state index contributed by atoms with van der Waals surface area (Å²) in [5, 5.41) is 12.9. The lowest BCUT2D eigenvalue weighted by Crippen LogP contribution is -2.48. The molecule has 1 aromatic carbocycles. The van der Waals surface area contributed by atoms with Crippen LogP contribution in [0.5, 0.6) is 5.75 Å². The number of amides is 2. The number of nitrogens with zero attached hydrogens (tertiary/aromatic N) is 2. The van der Waals surface area contributed by atoms with Crippen molar-refractivity contribution in [2.75, 3.05) is 5.75 Å². The van der Waals surface area contributed by atoms with Crippen molar-refractivity contribution in [1.29, 1.82) is 0 Å². The molecule has 2 atom stereocenters. The smallest absolute Gasteiger partial charge is 0.275 e. The largest absolute Gasteiger partial charge is 0.503 e.